The summed E-state index contributed by atoms with van der Waals surface area (Å²) in [6.07, 6.45) is 2.20. The third-order valence-corrected chi connectivity index (χ3v) is 3.93. The summed E-state index contributed by atoms with van der Waals surface area (Å²) in [6.45, 7) is 1.74. The third kappa shape index (κ3) is 3.83. The fraction of sp³-hybridized carbons (Fsp3) is 0.846. The van der Waals surface area contributed by atoms with Crippen LogP contribution >= 0.6 is 0 Å². The quantitative estimate of drug-likeness (QED) is 0.783. The van der Waals surface area contributed by atoms with E-state index < -0.39 is 12.1 Å². The van der Waals surface area contributed by atoms with Gasteiger partial charge in [0.2, 0.25) is 0 Å². The van der Waals surface area contributed by atoms with Crippen LogP contribution in [0.5, 0.6) is 0 Å². The molecular weight excluding hydrogens is 264 g/mol. The van der Waals surface area contributed by atoms with Crippen LogP contribution in [0.15, 0.2) is 0 Å². The second-order valence-electron chi connectivity index (χ2n) is 5.27. The van der Waals surface area contributed by atoms with Gasteiger partial charge >= 0.3 is 12.0 Å². The SMILES string of the molecule is COC1CCN(C(=O)NCC2CCC(C(=O)O)O2)CC1. The fourth-order valence-electron chi connectivity index (χ4n) is 2.65. The van der Waals surface area contributed by atoms with Crippen molar-refractivity contribution in [3.05, 3.63) is 0 Å². The van der Waals surface area contributed by atoms with Crippen LogP contribution in [0.2, 0.25) is 0 Å². The summed E-state index contributed by atoms with van der Waals surface area (Å²) >= 11 is 0. The molecule has 7 nitrogen and oxygen atoms in total. The molecule has 0 aromatic heterocycles. The maximum Gasteiger partial charge on any atom is 0.332 e. The zero-order valence-corrected chi connectivity index (χ0v) is 11.7. The molecule has 2 heterocycles. The molecule has 2 atom stereocenters. The number of methoxy groups -OCH3 is 1. The van der Waals surface area contributed by atoms with E-state index in [1.54, 1.807) is 12.0 Å². The van der Waals surface area contributed by atoms with Crippen molar-refractivity contribution >= 4 is 12.0 Å². The van der Waals surface area contributed by atoms with Crippen molar-refractivity contribution in [3.8, 4) is 0 Å². The Labute approximate surface area is 118 Å². The molecule has 2 fully saturated rings. The van der Waals surface area contributed by atoms with E-state index in [1.807, 2.05) is 0 Å². The summed E-state index contributed by atoms with van der Waals surface area (Å²) in [5.74, 6) is -0.930. The van der Waals surface area contributed by atoms with Crippen LogP contribution in [0.1, 0.15) is 25.7 Å². The van der Waals surface area contributed by atoms with Gasteiger partial charge in [-0.15, -0.1) is 0 Å². The molecule has 7 heteroatoms. The summed E-state index contributed by atoms with van der Waals surface area (Å²) in [6, 6.07) is -0.109. The normalized spacial score (nSPS) is 27.6. The summed E-state index contributed by atoms with van der Waals surface area (Å²) in [5, 5.41) is 11.6. The van der Waals surface area contributed by atoms with Gasteiger partial charge in [0.25, 0.3) is 0 Å². The van der Waals surface area contributed by atoms with Crippen LogP contribution in [0.3, 0.4) is 0 Å². The van der Waals surface area contributed by atoms with Gasteiger partial charge in [-0.1, -0.05) is 0 Å². The molecule has 2 aliphatic rings. The minimum atomic E-state index is -0.930. The molecule has 0 aliphatic carbocycles. The number of carboxylic acids is 1. The molecule has 2 aliphatic heterocycles. The number of ether oxygens (including phenoxy) is 2. The molecule has 2 rings (SSSR count). The van der Waals surface area contributed by atoms with Crippen LogP contribution < -0.4 is 5.32 Å². The number of hydrogen-bond donors (Lipinski definition) is 2. The number of nitrogens with zero attached hydrogens (tertiary/aromatic N) is 1. The molecule has 2 N–H and O–H groups in total. The van der Waals surface area contributed by atoms with Crippen molar-refractivity contribution in [2.24, 2.45) is 0 Å². The van der Waals surface area contributed by atoms with E-state index in [9.17, 15) is 9.59 Å². The number of carboxylic acid groups (broad SMARTS) is 1. The topological polar surface area (TPSA) is 88.1 Å². The Hall–Kier alpha value is -1.34. The Kier molecular flexibility index (Phi) is 5.19. The van der Waals surface area contributed by atoms with Crippen molar-refractivity contribution in [2.45, 2.75) is 44.0 Å². The summed E-state index contributed by atoms with van der Waals surface area (Å²) in [5.41, 5.74) is 0. The van der Waals surface area contributed by atoms with E-state index in [-0.39, 0.29) is 18.2 Å². The van der Waals surface area contributed by atoms with E-state index in [0.29, 0.717) is 32.5 Å². The molecule has 2 saturated heterocycles. The number of nitrogens with one attached hydrogen (secondary N) is 1. The van der Waals surface area contributed by atoms with Gasteiger partial charge < -0.3 is 24.8 Å². The second-order valence-corrected chi connectivity index (χ2v) is 5.27. The van der Waals surface area contributed by atoms with E-state index in [2.05, 4.69) is 5.32 Å². The Balaban J connectivity index is 1.67. The third-order valence-electron chi connectivity index (χ3n) is 3.93. The smallest absolute Gasteiger partial charge is 0.332 e. The highest BCUT2D eigenvalue weighted by molar-refractivity contribution is 5.74. The molecule has 0 spiro atoms. The van der Waals surface area contributed by atoms with Gasteiger partial charge in [0, 0.05) is 26.7 Å². The van der Waals surface area contributed by atoms with Gasteiger partial charge in [0.15, 0.2) is 6.10 Å². The van der Waals surface area contributed by atoms with Crippen molar-refractivity contribution in [2.75, 3.05) is 26.7 Å². The first-order chi connectivity index (χ1) is 9.60. The highest BCUT2D eigenvalue weighted by Gasteiger charge is 2.31. The largest absolute Gasteiger partial charge is 0.479 e. The standard InChI is InChI=1S/C13H22N2O5/c1-19-9-4-6-15(7-5-9)13(18)14-8-10-2-3-11(20-10)12(16)17/h9-11H,2-8H2,1H3,(H,14,18)(H,16,17). The second kappa shape index (κ2) is 6.90. The molecule has 0 saturated carbocycles. The van der Waals surface area contributed by atoms with Crippen LogP contribution in [0.4, 0.5) is 4.79 Å². The minimum Gasteiger partial charge on any atom is -0.479 e. The van der Waals surface area contributed by atoms with Crippen LogP contribution in [0.25, 0.3) is 0 Å². The number of amides is 2. The number of hydrogen-bond acceptors (Lipinski definition) is 4. The predicted octanol–water partition coefficient (Wildman–Crippen LogP) is 0.439. The highest BCUT2D eigenvalue weighted by atomic mass is 16.5. The first-order valence-electron chi connectivity index (χ1n) is 7.04. The molecule has 0 aromatic carbocycles. The lowest BCUT2D eigenvalue weighted by Gasteiger charge is -2.31. The molecular formula is C13H22N2O5. The fourth-order valence-corrected chi connectivity index (χ4v) is 2.65. The first-order valence-corrected chi connectivity index (χ1v) is 7.04. The summed E-state index contributed by atoms with van der Waals surface area (Å²) in [7, 11) is 1.69. The predicted molar refractivity (Wildman–Crippen MR) is 70.5 cm³/mol. The summed E-state index contributed by atoms with van der Waals surface area (Å²) < 4.78 is 10.6. The van der Waals surface area contributed by atoms with Gasteiger partial charge in [-0.25, -0.2) is 9.59 Å². The van der Waals surface area contributed by atoms with Gasteiger partial charge in [0.05, 0.1) is 12.2 Å². The Morgan fingerprint density at radius 1 is 1.30 bits per heavy atom. The maximum atomic E-state index is 12.0. The number of urea groups is 1. The maximum absolute atomic E-state index is 12.0. The highest BCUT2D eigenvalue weighted by Crippen LogP contribution is 2.19. The Bertz CT molecular complexity index is 355. The number of piperidine rings is 1. The molecule has 2 unspecified atom stereocenters. The molecule has 114 valence electrons. The number of aliphatic carboxylic acids is 1. The van der Waals surface area contributed by atoms with Gasteiger partial charge in [0.1, 0.15) is 0 Å². The average molecular weight is 286 g/mol. The molecule has 0 bridgehead atoms. The molecule has 2 amide bonds. The zero-order valence-electron chi connectivity index (χ0n) is 11.7. The Morgan fingerprint density at radius 2 is 2.00 bits per heavy atom. The van der Waals surface area contributed by atoms with E-state index >= 15 is 0 Å². The van der Waals surface area contributed by atoms with Gasteiger partial charge in [-0.05, 0) is 25.7 Å². The minimum absolute atomic E-state index is 0.109. The number of likely N-dealkylation sites (tertiary alicyclic amines) is 1. The lowest BCUT2D eigenvalue weighted by molar-refractivity contribution is -0.149. The molecule has 0 radical (unpaired) electrons. The monoisotopic (exact) mass is 286 g/mol. The lowest BCUT2D eigenvalue weighted by atomic mass is 10.1. The Morgan fingerprint density at radius 3 is 2.55 bits per heavy atom. The zero-order chi connectivity index (χ0) is 14.5. The molecule has 20 heavy (non-hydrogen) atoms. The van der Waals surface area contributed by atoms with Crippen LogP contribution in [0, 0.1) is 0 Å². The summed E-state index contributed by atoms with van der Waals surface area (Å²) in [4.78, 5) is 24.5. The number of rotatable bonds is 4. The van der Waals surface area contributed by atoms with Crippen LogP contribution in [-0.2, 0) is 14.3 Å². The van der Waals surface area contributed by atoms with Crippen molar-refractivity contribution in [1.29, 1.82) is 0 Å². The van der Waals surface area contributed by atoms with E-state index in [0.717, 1.165) is 12.8 Å². The van der Waals surface area contributed by atoms with Crippen LogP contribution in [-0.4, -0.2) is 67.1 Å². The van der Waals surface area contributed by atoms with Crippen molar-refractivity contribution in [3.63, 3.8) is 0 Å². The lowest BCUT2D eigenvalue weighted by Crippen LogP contribution is -2.47. The molecule has 0 aromatic rings. The van der Waals surface area contributed by atoms with E-state index in [4.69, 9.17) is 14.6 Å². The van der Waals surface area contributed by atoms with Gasteiger partial charge in [-0.3, -0.25) is 0 Å². The first kappa shape index (κ1) is 15.1. The number of carbonyl (C=O) groups is 2. The van der Waals surface area contributed by atoms with E-state index in [1.165, 1.54) is 0 Å². The van der Waals surface area contributed by atoms with Crippen molar-refractivity contribution in [1.82, 2.24) is 10.2 Å². The van der Waals surface area contributed by atoms with Crippen molar-refractivity contribution < 1.29 is 24.2 Å². The average Bonchev–Trinajstić information content (AvgIpc) is 2.94. The van der Waals surface area contributed by atoms with Gasteiger partial charge in [-0.2, -0.15) is 0 Å². The number of carbonyl (C=O) groups excluding carboxylic acids is 1.